The van der Waals surface area contributed by atoms with Crippen molar-refractivity contribution in [3.63, 3.8) is 0 Å². The van der Waals surface area contributed by atoms with Gasteiger partial charge in [0.05, 0.1) is 6.61 Å². The average molecular weight is 255 g/mol. The van der Waals surface area contributed by atoms with Crippen molar-refractivity contribution in [2.24, 2.45) is 11.8 Å². The van der Waals surface area contributed by atoms with Crippen molar-refractivity contribution < 1.29 is 4.74 Å². The van der Waals surface area contributed by atoms with E-state index in [0.29, 0.717) is 12.0 Å². The standard InChI is InChI=1S/C14H29N3O/c1-3-17(4-2)14(8-5-6-9-14)13(16-15)12-7-10-18-11-12/h12-13,16H,3-11,15H2,1-2H3. The summed E-state index contributed by atoms with van der Waals surface area (Å²) in [5, 5.41) is 0. The Morgan fingerprint density at radius 2 is 2.00 bits per heavy atom. The molecule has 106 valence electrons. The Balaban J connectivity index is 2.20. The van der Waals surface area contributed by atoms with Gasteiger partial charge in [-0.15, -0.1) is 0 Å². The Labute approximate surface area is 111 Å². The van der Waals surface area contributed by atoms with Crippen molar-refractivity contribution in [1.29, 1.82) is 0 Å². The van der Waals surface area contributed by atoms with Gasteiger partial charge >= 0.3 is 0 Å². The van der Waals surface area contributed by atoms with Gasteiger partial charge in [-0.1, -0.05) is 26.7 Å². The molecular weight excluding hydrogens is 226 g/mol. The van der Waals surface area contributed by atoms with E-state index in [-0.39, 0.29) is 5.54 Å². The van der Waals surface area contributed by atoms with E-state index in [1.165, 1.54) is 25.7 Å². The van der Waals surface area contributed by atoms with Crippen LogP contribution in [0.1, 0.15) is 46.0 Å². The normalized spacial score (nSPS) is 29.0. The number of hydrogen-bond donors (Lipinski definition) is 2. The molecule has 0 radical (unpaired) electrons. The number of hydrogen-bond acceptors (Lipinski definition) is 4. The molecule has 1 saturated carbocycles. The third kappa shape index (κ3) is 2.44. The zero-order valence-corrected chi connectivity index (χ0v) is 12.0. The third-order valence-corrected chi connectivity index (χ3v) is 5.06. The van der Waals surface area contributed by atoms with Gasteiger partial charge in [-0.3, -0.25) is 16.2 Å². The first-order chi connectivity index (χ1) is 8.78. The van der Waals surface area contributed by atoms with E-state index >= 15 is 0 Å². The first-order valence-electron chi connectivity index (χ1n) is 7.57. The van der Waals surface area contributed by atoms with Crippen molar-refractivity contribution in [2.45, 2.75) is 57.5 Å². The van der Waals surface area contributed by atoms with E-state index in [4.69, 9.17) is 10.6 Å². The molecule has 1 aliphatic heterocycles. The quantitative estimate of drug-likeness (QED) is 0.558. The highest BCUT2D eigenvalue weighted by atomic mass is 16.5. The van der Waals surface area contributed by atoms with Gasteiger partial charge in [-0.25, -0.2) is 0 Å². The Bertz CT molecular complexity index is 243. The van der Waals surface area contributed by atoms with E-state index in [9.17, 15) is 0 Å². The predicted molar refractivity (Wildman–Crippen MR) is 74.2 cm³/mol. The van der Waals surface area contributed by atoms with Crippen LogP contribution in [0, 0.1) is 5.92 Å². The molecule has 2 rings (SSSR count). The zero-order valence-electron chi connectivity index (χ0n) is 12.0. The maximum atomic E-state index is 5.93. The number of hydrazine groups is 1. The number of rotatable bonds is 6. The van der Waals surface area contributed by atoms with Crippen molar-refractivity contribution in [3.8, 4) is 0 Å². The molecule has 0 amide bonds. The maximum Gasteiger partial charge on any atom is 0.0511 e. The van der Waals surface area contributed by atoms with Crippen LogP contribution in [-0.2, 0) is 4.74 Å². The summed E-state index contributed by atoms with van der Waals surface area (Å²) in [4.78, 5) is 2.63. The van der Waals surface area contributed by atoms with Gasteiger partial charge in [0.15, 0.2) is 0 Å². The largest absolute Gasteiger partial charge is 0.381 e. The number of nitrogens with one attached hydrogen (secondary N) is 1. The van der Waals surface area contributed by atoms with Crippen molar-refractivity contribution in [1.82, 2.24) is 10.3 Å². The molecule has 2 aliphatic rings. The molecule has 2 unspecified atom stereocenters. The first-order valence-corrected chi connectivity index (χ1v) is 7.57. The van der Waals surface area contributed by atoms with E-state index < -0.39 is 0 Å². The molecular formula is C14H29N3O. The fourth-order valence-corrected chi connectivity index (χ4v) is 4.21. The number of nitrogens with two attached hydrogens (primary N) is 1. The van der Waals surface area contributed by atoms with Gasteiger partial charge in [0.25, 0.3) is 0 Å². The lowest BCUT2D eigenvalue weighted by atomic mass is 9.78. The average Bonchev–Trinajstić information content (AvgIpc) is 3.04. The predicted octanol–water partition coefficient (Wildman–Crippen LogP) is 1.51. The minimum absolute atomic E-state index is 0.261. The fraction of sp³-hybridized carbons (Fsp3) is 1.00. The molecule has 1 aliphatic carbocycles. The van der Waals surface area contributed by atoms with Gasteiger partial charge in [0.1, 0.15) is 0 Å². The van der Waals surface area contributed by atoms with Gasteiger partial charge in [-0.2, -0.15) is 0 Å². The number of likely N-dealkylation sites (N-methyl/N-ethyl adjacent to an activating group) is 1. The summed E-state index contributed by atoms with van der Waals surface area (Å²) in [6.45, 7) is 8.53. The molecule has 0 spiro atoms. The highest BCUT2D eigenvalue weighted by Gasteiger charge is 2.48. The highest BCUT2D eigenvalue weighted by Crippen LogP contribution is 2.41. The van der Waals surface area contributed by atoms with Crippen LogP contribution >= 0.6 is 0 Å². The van der Waals surface area contributed by atoms with Gasteiger partial charge in [0.2, 0.25) is 0 Å². The highest BCUT2D eigenvalue weighted by molar-refractivity contribution is 5.05. The number of ether oxygens (including phenoxy) is 1. The molecule has 0 bridgehead atoms. The summed E-state index contributed by atoms with van der Waals surface area (Å²) in [5.74, 6) is 6.51. The summed E-state index contributed by atoms with van der Waals surface area (Å²) in [5.41, 5.74) is 3.41. The molecule has 4 heteroatoms. The second-order valence-corrected chi connectivity index (χ2v) is 5.75. The molecule has 0 aromatic heterocycles. The monoisotopic (exact) mass is 255 g/mol. The van der Waals surface area contributed by atoms with Crippen LogP contribution in [0.15, 0.2) is 0 Å². The second kappa shape index (κ2) is 6.33. The van der Waals surface area contributed by atoms with Crippen LogP contribution in [0.5, 0.6) is 0 Å². The molecule has 1 saturated heterocycles. The summed E-state index contributed by atoms with van der Waals surface area (Å²) >= 11 is 0. The smallest absolute Gasteiger partial charge is 0.0511 e. The first kappa shape index (κ1) is 14.3. The molecule has 1 heterocycles. The van der Waals surface area contributed by atoms with Crippen LogP contribution in [0.25, 0.3) is 0 Å². The lowest BCUT2D eigenvalue weighted by Gasteiger charge is -2.48. The Hall–Kier alpha value is -0.160. The molecule has 18 heavy (non-hydrogen) atoms. The fourth-order valence-electron chi connectivity index (χ4n) is 4.21. The summed E-state index contributed by atoms with van der Waals surface area (Å²) in [6.07, 6.45) is 6.38. The summed E-state index contributed by atoms with van der Waals surface area (Å²) in [6, 6.07) is 0.377. The molecule has 0 aromatic carbocycles. The minimum Gasteiger partial charge on any atom is -0.381 e. The topological polar surface area (TPSA) is 50.5 Å². The molecule has 3 N–H and O–H groups in total. The van der Waals surface area contributed by atoms with Crippen LogP contribution < -0.4 is 11.3 Å². The molecule has 2 atom stereocenters. The Morgan fingerprint density at radius 3 is 2.44 bits per heavy atom. The van der Waals surface area contributed by atoms with Gasteiger partial charge in [-0.05, 0) is 32.4 Å². The zero-order chi connectivity index (χ0) is 13.0. The van der Waals surface area contributed by atoms with E-state index in [0.717, 1.165) is 32.7 Å². The van der Waals surface area contributed by atoms with Crippen LogP contribution in [0.4, 0.5) is 0 Å². The lowest BCUT2D eigenvalue weighted by Crippen LogP contribution is -2.64. The third-order valence-electron chi connectivity index (χ3n) is 5.06. The van der Waals surface area contributed by atoms with E-state index in [1.807, 2.05) is 0 Å². The Kier molecular flexibility index (Phi) is 5.01. The van der Waals surface area contributed by atoms with E-state index in [1.54, 1.807) is 0 Å². The SMILES string of the molecule is CCN(CC)C1(C(NN)C2CCOC2)CCCC1. The van der Waals surface area contributed by atoms with E-state index in [2.05, 4.69) is 24.2 Å². The van der Waals surface area contributed by atoms with Crippen molar-refractivity contribution >= 4 is 0 Å². The second-order valence-electron chi connectivity index (χ2n) is 5.75. The Morgan fingerprint density at radius 1 is 1.33 bits per heavy atom. The van der Waals surface area contributed by atoms with Crippen LogP contribution in [0.3, 0.4) is 0 Å². The van der Waals surface area contributed by atoms with Crippen molar-refractivity contribution in [2.75, 3.05) is 26.3 Å². The molecule has 4 nitrogen and oxygen atoms in total. The van der Waals surface area contributed by atoms with Crippen molar-refractivity contribution in [3.05, 3.63) is 0 Å². The van der Waals surface area contributed by atoms with Crippen LogP contribution in [0.2, 0.25) is 0 Å². The molecule has 2 fully saturated rings. The minimum atomic E-state index is 0.261. The lowest BCUT2D eigenvalue weighted by molar-refractivity contribution is 0.0353. The van der Waals surface area contributed by atoms with Crippen LogP contribution in [-0.4, -0.2) is 42.8 Å². The number of nitrogens with zero attached hydrogens (tertiary/aromatic N) is 1. The molecule has 0 aromatic rings. The maximum absolute atomic E-state index is 5.93. The van der Waals surface area contributed by atoms with Gasteiger partial charge in [0, 0.05) is 24.1 Å². The summed E-state index contributed by atoms with van der Waals surface area (Å²) < 4.78 is 5.58. The summed E-state index contributed by atoms with van der Waals surface area (Å²) in [7, 11) is 0. The van der Waals surface area contributed by atoms with Gasteiger partial charge < -0.3 is 4.74 Å².